The van der Waals surface area contributed by atoms with Gasteiger partial charge in [-0.2, -0.15) is 0 Å². The minimum Gasteiger partial charge on any atom is -0.468 e. The predicted molar refractivity (Wildman–Crippen MR) is 367 cm³/mol. The van der Waals surface area contributed by atoms with Crippen molar-refractivity contribution in [1.82, 2.24) is 0 Å². The van der Waals surface area contributed by atoms with Gasteiger partial charge in [0.05, 0.1) is 17.0 Å². The van der Waals surface area contributed by atoms with Crippen LogP contribution in [0.4, 0.5) is 51.2 Å². The van der Waals surface area contributed by atoms with E-state index in [0.29, 0.717) is 0 Å². The zero-order valence-corrected chi connectivity index (χ0v) is 55.7. The van der Waals surface area contributed by atoms with Crippen molar-refractivity contribution in [3.63, 3.8) is 0 Å². The van der Waals surface area contributed by atoms with Gasteiger partial charge < -0.3 is 19.1 Å². The Morgan fingerprint density at radius 3 is 1.38 bits per heavy atom. The second kappa shape index (κ2) is 18.5. The highest BCUT2D eigenvalue weighted by atomic mass is 16.3. The van der Waals surface area contributed by atoms with Crippen molar-refractivity contribution in [2.45, 2.75) is 233 Å². The molecule has 0 spiro atoms. The molecule has 0 unspecified atom stereocenters. The van der Waals surface area contributed by atoms with Crippen molar-refractivity contribution in [2.24, 2.45) is 0 Å². The van der Waals surface area contributed by atoms with Crippen molar-refractivity contribution >= 4 is 85.5 Å². The van der Waals surface area contributed by atoms with Gasteiger partial charge in [-0.15, -0.1) is 0 Å². The van der Waals surface area contributed by atoms with Crippen LogP contribution in [0.1, 0.15) is 234 Å². The molecule has 5 heteroatoms. The Morgan fingerprint density at radius 1 is 0.388 bits per heavy atom. The zero-order chi connectivity index (χ0) is 60.9. The average molecular weight is 1130 g/mol. The summed E-state index contributed by atoms with van der Waals surface area (Å²) in [6, 6.07) is 51.2. The molecule has 0 atom stereocenters. The van der Waals surface area contributed by atoms with Gasteiger partial charge in [0, 0.05) is 45.2 Å². The van der Waals surface area contributed by atoms with Gasteiger partial charge in [-0.25, -0.2) is 0 Å². The van der Waals surface area contributed by atoms with Crippen LogP contribution in [-0.4, -0.2) is 6.71 Å². The maximum Gasteiger partial charge on any atom is 0.297 e. The van der Waals surface area contributed by atoms with E-state index in [2.05, 4.69) is 287 Å². The third-order valence-corrected chi connectivity index (χ3v) is 21.9. The molecule has 7 aromatic carbocycles. The van der Waals surface area contributed by atoms with Crippen molar-refractivity contribution in [3.8, 4) is 0 Å². The quantitative estimate of drug-likeness (QED) is 0.160. The van der Waals surface area contributed by atoms with Crippen LogP contribution in [-0.2, 0) is 48.7 Å². The fourth-order valence-electron chi connectivity index (χ4n) is 15.7. The van der Waals surface area contributed by atoms with Gasteiger partial charge in [-0.1, -0.05) is 194 Å². The average Bonchev–Trinajstić information content (AvgIpc) is 1.71. The Morgan fingerprint density at radius 2 is 0.847 bits per heavy atom. The summed E-state index contributed by atoms with van der Waals surface area (Å²) in [4.78, 5) is 7.94. The molecule has 0 amide bonds. The van der Waals surface area contributed by atoms with Crippen molar-refractivity contribution in [3.05, 3.63) is 177 Å². The third-order valence-electron chi connectivity index (χ3n) is 21.9. The van der Waals surface area contributed by atoms with Gasteiger partial charge in [0.15, 0.2) is 0 Å². The molecule has 440 valence electrons. The Kier molecular flexibility index (Phi) is 12.6. The van der Waals surface area contributed by atoms with Crippen molar-refractivity contribution in [1.29, 1.82) is 0 Å². The molecule has 4 nitrogen and oxygen atoms in total. The number of rotatable bonds is 5. The van der Waals surface area contributed by atoms with E-state index < -0.39 is 0 Å². The minimum absolute atomic E-state index is 0.0000792. The number of fused-ring (bicyclic) bond motifs is 9. The number of nitrogens with zero attached hydrogens (tertiary/aromatic N) is 3. The topological polar surface area (TPSA) is 22.9 Å². The molecular formula is C80H96BN3O. The fraction of sp³-hybridized carbons (Fsp3) is 0.450. The summed E-state index contributed by atoms with van der Waals surface area (Å²) in [6.45, 7) is 50.7. The van der Waals surface area contributed by atoms with E-state index in [1.54, 1.807) is 0 Å². The highest BCUT2D eigenvalue weighted by molar-refractivity contribution is 7.00. The van der Waals surface area contributed by atoms with Gasteiger partial charge in [0.2, 0.25) is 0 Å². The third kappa shape index (κ3) is 9.18. The molecule has 0 N–H and O–H groups in total. The Hall–Kier alpha value is -6.46. The number of para-hydroxylation sites is 1. The van der Waals surface area contributed by atoms with Crippen LogP contribution in [0.25, 0.3) is 11.0 Å². The van der Waals surface area contributed by atoms with Crippen LogP contribution in [0, 0.1) is 0 Å². The number of hydrogen-bond acceptors (Lipinski definition) is 4. The van der Waals surface area contributed by atoms with Crippen molar-refractivity contribution < 1.29 is 4.42 Å². The lowest BCUT2D eigenvalue weighted by Gasteiger charge is -2.47. The number of furan rings is 1. The molecule has 0 saturated heterocycles. The predicted octanol–water partition coefficient (Wildman–Crippen LogP) is 20.9. The van der Waals surface area contributed by atoms with Crippen LogP contribution >= 0.6 is 0 Å². The maximum atomic E-state index is 7.95. The minimum atomic E-state index is -0.217. The molecule has 3 heterocycles. The molecule has 1 aromatic heterocycles. The standard InChI is InChI=1S/C80H96BN3O/c1-72(2,3)49-27-29-53(30-28-49)82(52-25-23-22-24-26-52)56-43-66-69-67(44-56)84(54-31-32-58-59(42-54)76(12,13)34-33-75(58,10)11)70-57-45-60-63(80(20,21)38-35-77(60,14)15)48-68(57)85-71(70)81(69)64-46-61-62(79(18,19)37-36-78(61,16)17)47-65(64)83(66)55-40-50(73(4,5)6)39-51(41-55)74(7,8)9/h22-32,39-48H,33-38H2,1-21H3. The van der Waals surface area contributed by atoms with Crippen LogP contribution in [0.3, 0.4) is 0 Å². The first-order chi connectivity index (χ1) is 39.5. The number of benzene rings is 7. The second-order valence-corrected chi connectivity index (χ2v) is 33.9. The Bertz CT molecular complexity index is 4000. The summed E-state index contributed by atoms with van der Waals surface area (Å²) in [7, 11) is 0. The van der Waals surface area contributed by atoms with E-state index >= 15 is 0 Å². The van der Waals surface area contributed by atoms with E-state index in [0.717, 1.165) is 66.8 Å². The molecule has 5 aliphatic rings. The molecule has 8 aromatic rings. The summed E-state index contributed by atoms with van der Waals surface area (Å²) in [5.74, 6) is 0. The van der Waals surface area contributed by atoms with E-state index in [-0.39, 0.29) is 55.4 Å². The highest BCUT2D eigenvalue weighted by Gasteiger charge is 2.51. The summed E-state index contributed by atoms with van der Waals surface area (Å²) in [5, 5.41) is 1.20. The van der Waals surface area contributed by atoms with E-state index in [1.165, 1.54) is 101 Å². The Balaban J connectivity index is 1.23. The molecule has 0 radical (unpaired) electrons. The lowest BCUT2D eigenvalue weighted by molar-refractivity contribution is 0.332. The number of hydrogen-bond donors (Lipinski definition) is 0. The second-order valence-electron chi connectivity index (χ2n) is 33.9. The first kappa shape index (κ1) is 57.6. The molecule has 85 heavy (non-hydrogen) atoms. The molecule has 0 fully saturated rings. The lowest BCUT2D eigenvalue weighted by atomic mass is 9.35. The van der Waals surface area contributed by atoms with Gasteiger partial charge in [0.1, 0.15) is 5.58 Å². The summed E-state index contributed by atoms with van der Waals surface area (Å²) in [5.41, 5.74) is 27.6. The molecule has 0 bridgehead atoms. The monoisotopic (exact) mass is 1130 g/mol. The molecule has 0 saturated carbocycles. The first-order valence-electron chi connectivity index (χ1n) is 32.3. The van der Waals surface area contributed by atoms with Crippen LogP contribution < -0.4 is 31.3 Å². The summed E-state index contributed by atoms with van der Waals surface area (Å²) >= 11 is 0. The number of anilines is 9. The largest absolute Gasteiger partial charge is 0.468 e. The van der Waals surface area contributed by atoms with E-state index in [4.69, 9.17) is 4.42 Å². The summed E-state index contributed by atoms with van der Waals surface area (Å²) < 4.78 is 7.95. The first-order valence-corrected chi connectivity index (χ1v) is 32.3. The van der Waals surface area contributed by atoms with Gasteiger partial charge in [-0.05, 0) is 227 Å². The van der Waals surface area contributed by atoms with Crippen LogP contribution in [0.2, 0.25) is 0 Å². The Labute approximate surface area is 511 Å². The lowest BCUT2D eigenvalue weighted by Crippen LogP contribution is -2.61. The normalized spacial score (nSPS) is 19.3. The fourth-order valence-corrected chi connectivity index (χ4v) is 15.7. The molecule has 13 rings (SSSR count). The highest BCUT2D eigenvalue weighted by Crippen LogP contribution is 2.57. The van der Waals surface area contributed by atoms with E-state index in [1.807, 2.05) is 0 Å². The van der Waals surface area contributed by atoms with Crippen molar-refractivity contribution in [2.75, 3.05) is 14.7 Å². The smallest absolute Gasteiger partial charge is 0.297 e. The van der Waals surface area contributed by atoms with E-state index in [9.17, 15) is 0 Å². The zero-order valence-electron chi connectivity index (χ0n) is 55.7. The van der Waals surface area contributed by atoms with Crippen LogP contribution in [0.5, 0.6) is 0 Å². The van der Waals surface area contributed by atoms with Gasteiger partial charge in [-0.3, -0.25) is 0 Å². The molecule has 3 aliphatic carbocycles. The maximum absolute atomic E-state index is 7.95. The molecular weight excluding hydrogens is 1030 g/mol. The van der Waals surface area contributed by atoms with Gasteiger partial charge >= 0.3 is 0 Å². The summed E-state index contributed by atoms with van der Waals surface area (Å²) in [6.07, 6.45) is 6.82. The molecule has 2 aliphatic heterocycles. The van der Waals surface area contributed by atoms with Crippen LogP contribution in [0.15, 0.2) is 132 Å². The SMILES string of the molecule is CC(C)(C)c1ccc(N(c2ccccc2)c2cc3c4c(c2)N(c2ccc5c(c2)C(C)(C)CCC5(C)C)c2c(oc5cc6c(cc25)C(C)(C)CCC6(C)C)B4c2cc4c(cc2N3c2cc(C(C)(C)C)cc(C(C)(C)C)c2)C(C)(C)CCC4(C)C)cc1. The van der Waals surface area contributed by atoms with Gasteiger partial charge in [0.25, 0.3) is 6.71 Å².